The predicted octanol–water partition coefficient (Wildman–Crippen LogP) is 1.31. The van der Waals surface area contributed by atoms with Crippen LogP contribution < -0.4 is 4.74 Å². The van der Waals surface area contributed by atoms with Crippen molar-refractivity contribution in [1.82, 2.24) is 19.4 Å². The maximum absolute atomic E-state index is 10.7. The maximum atomic E-state index is 10.7. The fraction of sp³-hybridized carbons (Fsp3) is 0.500. The van der Waals surface area contributed by atoms with Crippen molar-refractivity contribution >= 4 is 0 Å². The molecule has 0 aromatic carbocycles. The zero-order valence-corrected chi connectivity index (χ0v) is 12.9. The van der Waals surface area contributed by atoms with Crippen LogP contribution in [0.1, 0.15) is 18.4 Å². The molecule has 2 aromatic rings. The molecule has 0 bridgehead atoms. The average Bonchev–Trinajstić information content (AvgIpc) is 3.03. The molecule has 6 nitrogen and oxygen atoms in total. The summed E-state index contributed by atoms with van der Waals surface area (Å²) in [4.78, 5) is 10.6. The number of pyridine rings is 1. The Labute approximate surface area is 130 Å². The van der Waals surface area contributed by atoms with E-state index in [2.05, 4.69) is 14.9 Å². The first-order valence-corrected chi connectivity index (χ1v) is 7.56. The van der Waals surface area contributed by atoms with Gasteiger partial charge in [0, 0.05) is 44.3 Å². The molecule has 0 saturated carbocycles. The SMILES string of the molecule is COc1ccc(CN2CCC(O)(Cn3ccnc3)CC2)cn1. The summed E-state index contributed by atoms with van der Waals surface area (Å²) in [5.74, 6) is 0.636. The highest BCUT2D eigenvalue weighted by atomic mass is 16.5. The number of aliphatic hydroxyl groups is 1. The quantitative estimate of drug-likeness (QED) is 0.902. The van der Waals surface area contributed by atoms with Crippen molar-refractivity contribution in [2.75, 3.05) is 20.2 Å². The molecule has 1 N–H and O–H groups in total. The molecule has 3 rings (SSSR count). The Morgan fingerprint density at radius 2 is 2.14 bits per heavy atom. The Kier molecular flexibility index (Phi) is 4.40. The Morgan fingerprint density at radius 1 is 1.32 bits per heavy atom. The minimum Gasteiger partial charge on any atom is -0.481 e. The second kappa shape index (κ2) is 6.46. The second-order valence-electron chi connectivity index (χ2n) is 5.94. The number of likely N-dealkylation sites (tertiary alicyclic amines) is 1. The number of methoxy groups -OCH3 is 1. The number of nitrogens with zero attached hydrogens (tertiary/aromatic N) is 4. The summed E-state index contributed by atoms with van der Waals surface area (Å²) < 4.78 is 7.02. The summed E-state index contributed by atoms with van der Waals surface area (Å²) in [6.45, 7) is 3.25. The van der Waals surface area contributed by atoms with Crippen LogP contribution in [-0.2, 0) is 13.1 Å². The first kappa shape index (κ1) is 15.0. The molecule has 0 spiro atoms. The van der Waals surface area contributed by atoms with Gasteiger partial charge in [-0.25, -0.2) is 9.97 Å². The van der Waals surface area contributed by atoms with Crippen LogP contribution >= 0.6 is 0 Å². The van der Waals surface area contributed by atoms with Crippen molar-refractivity contribution in [1.29, 1.82) is 0 Å². The van der Waals surface area contributed by atoms with Gasteiger partial charge in [0.1, 0.15) is 0 Å². The Balaban J connectivity index is 1.52. The minimum atomic E-state index is -0.630. The topological polar surface area (TPSA) is 63.4 Å². The van der Waals surface area contributed by atoms with Gasteiger partial charge in [0.2, 0.25) is 5.88 Å². The monoisotopic (exact) mass is 302 g/mol. The molecule has 22 heavy (non-hydrogen) atoms. The molecule has 1 aliphatic heterocycles. The van der Waals surface area contributed by atoms with E-state index < -0.39 is 5.60 Å². The van der Waals surface area contributed by atoms with E-state index in [0.717, 1.165) is 32.5 Å². The van der Waals surface area contributed by atoms with Crippen molar-refractivity contribution in [2.45, 2.75) is 31.5 Å². The molecule has 2 aromatic heterocycles. The summed E-state index contributed by atoms with van der Waals surface area (Å²) in [7, 11) is 1.62. The van der Waals surface area contributed by atoms with Gasteiger partial charge in [-0.3, -0.25) is 4.90 Å². The van der Waals surface area contributed by atoms with Gasteiger partial charge in [-0.05, 0) is 18.4 Å². The van der Waals surface area contributed by atoms with E-state index in [9.17, 15) is 5.11 Å². The van der Waals surface area contributed by atoms with Crippen LogP contribution in [0.4, 0.5) is 0 Å². The Morgan fingerprint density at radius 3 is 2.73 bits per heavy atom. The lowest BCUT2D eigenvalue weighted by Gasteiger charge is -2.38. The fourth-order valence-electron chi connectivity index (χ4n) is 2.89. The molecule has 3 heterocycles. The largest absolute Gasteiger partial charge is 0.481 e. The zero-order chi connectivity index (χ0) is 15.4. The summed E-state index contributed by atoms with van der Waals surface area (Å²) in [5.41, 5.74) is 0.538. The van der Waals surface area contributed by atoms with Crippen molar-refractivity contribution in [3.05, 3.63) is 42.6 Å². The predicted molar refractivity (Wildman–Crippen MR) is 82.5 cm³/mol. The zero-order valence-electron chi connectivity index (χ0n) is 12.9. The third kappa shape index (κ3) is 3.64. The number of hydrogen-bond acceptors (Lipinski definition) is 5. The molecular formula is C16H22N4O2. The lowest BCUT2D eigenvalue weighted by atomic mass is 9.91. The molecule has 0 amide bonds. The maximum Gasteiger partial charge on any atom is 0.212 e. The van der Waals surface area contributed by atoms with E-state index in [-0.39, 0.29) is 0 Å². The van der Waals surface area contributed by atoms with Crippen molar-refractivity contribution in [2.24, 2.45) is 0 Å². The van der Waals surface area contributed by atoms with Gasteiger partial charge in [-0.15, -0.1) is 0 Å². The number of aromatic nitrogens is 3. The molecular weight excluding hydrogens is 280 g/mol. The molecule has 0 atom stereocenters. The van der Waals surface area contributed by atoms with Crippen molar-refractivity contribution in [3.63, 3.8) is 0 Å². The molecule has 1 saturated heterocycles. The second-order valence-corrected chi connectivity index (χ2v) is 5.94. The lowest BCUT2D eigenvalue weighted by Crippen LogP contribution is -2.46. The smallest absolute Gasteiger partial charge is 0.212 e. The number of ether oxygens (including phenoxy) is 1. The van der Waals surface area contributed by atoms with Crippen molar-refractivity contribution < 1.29 is 9.84 Å². The third-order valence-electron chi connectivity index (χ3n) is 4.24. The van der Waals surface area contributed by atoms with Crippen LogP contribution in [0.2, 0.25) is 0 Å². The first-order valence-electron chi connectivity index (χ1n) is 7.56. The van der Waals surface area contributed by atoms with Crippen LogP contribution in [0.3, 0.4) is 0 Å². The van der Waals surface area contributed by atoms with Crippen LogP contribution in [0.5, 0.6) is 5.88 Å². The van der Waals surface area contributed by atoms with Gasteiger partial charge >= 0.3 is 0 Å². The molecule has 1 fully saturated rings. The van der Waals surface area contributed by atoms with Gasteiger partial charge in [-0.1, -0.05) is 6.07 Å². The van der Waals surface area contributed by atoms with E-state index in [4.69, 9.17) is 4.74 Å². The fourth-order valence-corrected chi connectivity index (χ4v) is 2.89. The van der Waals surface area contributed by atoms with Gasteiger partial charge in [0.05, 0.1) is 25.6 Å². The van der Waals surface area contributed by atoms with Gasteiger partial charge in [0.25, 0.3) is 0 Å². The van der Waals surface area contributed by atoms with Gasteiger partial charge < -0.3 is 14.4 Å². The van der Waals surface area contributed by atoms with Crippen LogP contribution in [0.15, 0.2) is 37.1 Å². The summed E-state index contributed by atoms with van der Waals surface area (Å²) >= 11 is 0. The average molecular weight is 302 g/mol. The minimum absolute atomic E-state index is 0.616. The van der Waals surface area contributed by atoms with Crippen LogP contribution in [0.25, 0.3) is 0 Å². The van der Waals surface area contributed by atoms with Gasteiger partial charge in [-0.2, -0.15) is 0 Å². The lowest BCUT2D eigenvalue weighted by molar-refractivity contribution is -0.0357. The van der Waals surface area contributed by atoms with Gasteiger partial charge in [0.15, 0.2) is 0 Å². The van der Waals surface area contributed by atoms with Crippen molar-refractivity contribution in [3.8, 4) is 5.88 Å². The summed E-state index contributed by atoms with van der Waals surface area (Å²) in [6, 6.07) is 3.92. The highest BCUT2D eigenvalue weighted by Gasteiger charge is 2.32. The number of piperidine rings is 1. The molecule has 1 aliphatic rings. The number of imidazole rings is 1. The van der Waals surface area contributed by atoms with Crippen LogP contribution in [-0.4, -0.2) is 50.3 Å². The number of hydrogen-bond donors (Lipinski definition) is 1. The Hall–Kier alpha value is -1.92. The molecule has 0 radical (unpaired) electrons. The molecule has 6 heteroatoms. The molecule has 118 valence electrons. The Bertz CT molecular complexity index is 575. The van der Waals surface area contributed by atoms with E-state index in [0.29, 0.717) is 12.4 Å². The molecule has 0 unspecified atom stereocenters. The summed E-state index contributed by atoms with van der Waals surface area (Å²) in [6.07, 6.45) is 8.80. The highest BCUT2D eigenvalue weighted by molar-refractivity contribution is 5.17. The standard InChI is InChI=1S/C16H22N4O2/c1-22-15-3-2-14(10-18-15)11-19-7-4-16(21,5-8-19)12-20-9-6-17-13-20/h2-3,6,9-10,13,21H,4-5,7-8,11-12H2,1H3. The molecule has 0 aliphatic carbocycles. The first-order chi connectivity index (χ1) is 10.7. The van der Waals surface area contributed by atoms with E-state index >= 15 is 0 Å². The summed E-state index contributed by atoms with van der Waals surface area (Å²) in [5, 5.41) is 10.7. The van der Waals surface area contributed by atoms with Crippen LogP contribution in [0, 0.1) is 0 Å². The van der Waals surface area contributed by atoms with E-state index in [1.807, 2.05) is 29.1 Å². The highest BCUT2D eigenvalue weighted by Crippen LogP contribution is 2.25. The third-order valence-corrected chi connectivity index (χ3v) is 4.24. The number of rotatable bonds is 5. The van der Waals surface area contributed by atoms with E-state index in [1.54, 1.807) is 19.6 Å². The van der Waals surface area contributed by atoms with E-state index in [1.165, 1.54) is 5.56 Å². The normalized spacial score (nSPS) is 18.3.